The second kappa shape index (κ2) is 4.53. The molecule has 1 heteroatoms. The van der Waals surface area contributed by atoms with Crippen molar-refractivity contribution < 1.29 is 4.74 Å². The number of hydrogen-bond acceptors (Lipinski definition) is 1. The lowest BCUT2D eigenvalue weighted by molar-refractivity contribution is 0.498. The van der Waals surface area contributed by atoms with E-state index in [1.165, 1.54) is 16.3 Å². The van der Waals surface area contributed by atoms with E-state index in [9.17, 15) is 0 Å². The Morgan fingerprint density at radius 3 is 2.50 bits per heavy atom. The van der Waals surface area contributed by atoms with Crippen molar-refractivity contribution in [1.29, 1.82) is 0 Å². The Balaban J connectivity index is 1.75. The number of ether oxygens (including phenoxy) is 1. The fraction of sp³-hybridized carbons (Fsp3) is 0.0526. The quantitative estimate of drug-likeness (QED) is 0.608. The molecule has 0 aliphatic carbocycles. The SMILES string of the molecule is C1=C(c2ccc3ccccc3c2)Oc2ccccc2C1. The standard InChI is InChI=1S/C19H14O/c1-2-7-16-13-17(10-9-14(16)5-1)19-12-11-15-6-3-4-8-18(15)20-19/h1-10,12-13H,11H2. The van der Waals surface area contributed by atoms with Gasteiger partial charge in [0.1, 0.15) is 11.5 Å². The highest BCUT2D eigenvalue weighted by Crippen LogP contribution is 2.31. The molecular formula is C19H14O. The highest BCUT2D eigenvalue weighted by atomic mass is 16.5. The molecule has 0 bridgehead atoms. The van der Waals surface area contributed by atoms with Crippen LogP contribution in [0.3, 0.4) is 0 Å². The number of allylic oxidation sites excluding steroid dienone is 1. The van der Waals surface area contributed by atoms with Gasteiger partial charge < -0.3 is 4.74 Å². The molecule has 3 aromatic rings. The molecule has 1 aliphatic rings. The van der Waals surface area contributed by atoms with Crippen LogP contribution in [-0.2, 0) is 6.42 Å². The van der Waals surface area contributed by atoms with E-state index >= 15 is 0 Å². The van der Waals surface area contributed by atoms with Gasteiger partial charge in [0, 0.05) is 5.56 Å². The van der Waals surface area contributed by atoms with E-state index in [-0.39, 0.29) is 0 Å². The summed E-state index contributed by atoms with van der Waals surface area (Å²) in [7, 11) is 0. The third-order valence-electron chi connectivity index (χ3n) is 3.73. The summed E-state index contributed by atoms with van der Waals surface area (Å²) in [6.45, 7) is 0. The van der Waals surface area contributed by atoms with Crippen LogP contribution in [-0.4, -0.2) is 0 Å². The van der Waals surface area contributed by atoms with E-state index in [2.05, 4.69) is 60.7 Å². The second-order valence-electron chi connectivity index (χ2n) is 5.04. The van der Waals surface area contributed by atoms with Crippen LogP contribution in [0, 0.1) is 0 Å². The van der Waals surface area contributed by atoms with Gasteiger partial charge in [0.15, 0.2) is 0 Å². The van der Waals surface area contributed by atoms with E-state index in [1.807, 2.05) is 12.1 Å². The Labute approximate surface area is 118 Å². The molecule has 0 atom stereocenters. The van der Waals surface area contributed by atoms with Crippen LogP contribution < -0.4 is 4.74 Å². The van der Waals surface area contributed by atoms with Crippen molar-refractivity contribution in [2.24, 2.45) is 0 Å². The van der Waals surface area contributed by atoms with Crippen molar-refractivity contribution in [3.8, 4) is 5.75 Å². The Hall–Kier alpha value is -2.54. The Kier molecular flexibility index (Phi) is 2.56. The fourth-order valence-electron chi connectivity index (χ4n) is 2.65. The summed E-state index contributed by atoms with van der Waals surface area (Å²) in [6, 6.07) is 23.1. The highest BCUT2D eigenvalue weighted by molar-refractivity contribution is 5.86. The van der Waals surface area contributed by atoms with Crippen molar-refractivity contribution in [2.75, 3.05) is 0 Å². The van der Waals surface area contributed by atoms with E-state index < -0.39 is 0 Å². The summed E-state index contributed by atoms with van der Waals surface area (Å²) in [5.41, 5.74) is 2.38. The molecule has 0 spiro atoms. The van der Waals surface area contributed by atoms with Crippen molar-refractivity contribution >= 4 is 16.5 Å². The minimum atomic E-state index is 0.929. The molecule has 3 aromatic carbocycles. The van der Waals surface area contributed by atoms with Gasteiger partial charge in [-0.15, -0.1) is 0 Å². The molecule has 1 heterocycles. The predicted octanol–water partition coefficient (Wildman–Crippen LogP) is 4.82. The zero-order chi connectivity index (χ0) is 13.4. The van der Waals surface area contributed by atoms with Crippen LogP contribution in [0.25, 0.3) is 16.5 Å². The zero-order valence-corrected chi connectivity index (χ0v) is 11.0. The van der Waals surface area contributed by atoms with Gasteiger partial charge in [0.25, 0.3) is 0 Å². The first-order valence-electron chi connectivity index (χ1n) is 6.85. The van der Waals surface area contributed by atoms with Gasteiger partial charge in [0.05, 0.1) is 0 Å². The zero-order valence-electron chi connectivity index (χ0n) is 11.0. The predicted molar refractivity (Wildman–Crippen MR) is 82.7 cm³/mol. The summed E-state index contributed by atoms with van der Waals surface area (Å²) < 4.78 is 6.03. The van der Waals surface area contributed by atoms with Gasteiger partial charge in [-0.25, -0.2) is 0 Å². The molecule has 0 saturated carbocycles. The average molecular weight is 258 g/mol. The summed E-state index contributed by atoms with van der Waals surface area (Å²) >= 11 is 0. The normalized spacial score (nSPS) is 13.5. The highest BCUT2D eigenvalue weighted by Gasteiger charge is 2.13. The van der Waals surface area contributed by atoms with Crippen LogP contribution in [0.2, 0.25) is 0 Å². The Morgan fingerprint density at radius 1 is 0.750 bits per heavy atom. The van der Waals surface area contributed by atoms with Crippen molar-refractivity contribution in [1.82, 2.24) is 0 Å². The van der Waals surface area contributed by atoms with Crippen LogP contribution in [0.1, 0.15) is 11.1 Å². The summed E-state index contributed by atoms with van der Waals surface area (Å²) in [5.74, 6) is 1.92. The molecular weight excluding hydrogens is 244 g/mol. The summed E-state index contributed by atoms with van der Waals surface area (Å²) in [6.07, 6.45) is 3.09. The van der Waals surface area contributed by atoms with Crippen LogP contribution in [0.5, 0.6) is 5.75 Å². The van der Waals surface area contributed by atoms with E-state index in [1.54, 1.807) is 0 Å². The molecule has 1 aliphatic heterocycles. The van der Waals surface area contributed by atoms with Crippen LogP contribution in [0.4, 0.5) is 0 Å². The number of para-hydroxylation sites is 1. The van der Waals surface area contributed by atoms with E-state index in [4.69, 9.17) is 4.74 Å². The van der Waals surface area contributed by atoms with Gasteiger partial charge in [-0.1, -0.05) is 54.6 Å². The summed E-state index contributed by atoms with van der Waals surface area (Å²) in [4.78, 5) is 0. The van der Waals surface area contributed by atoms with Crippen molar-refractivity contribution in [3.05, 3.63) is 83.9 Å². The molecule has 0 saturated heterocycles. The lowest BCUT2D eigenvalue weighted by atomic mass is 10.0. The molecule has 0 radical (unpaired) electrons. The topological polar surface area (TPSA) is 9.23 Å². The first-order valence-corrected chi connectivity index (χ1v) is 6.85. The van der Waals surface area contributed by atoms with E-state index in [0.717, 1.165) is 23.5 Å². The number of fused-ring (bicyclic) bond motifs is 2. The smallest absolute Gasteiger partial charge is 0.131 e. The molecule has 0 N–H and O–H groups in total. The molecule has 20 heavy (non-hydrogen) atoms. The van der Waals surface area contributed by atoms with Gasteiger partial charge in [-0.2, -0.15) is 0 Å². The second-order valence-corrected chi connectivity index (χ2v) is 5.04. The van der Waals surface area contributed by atoms with Gasteiger partial charge in [0.2, 0.25) is 0 Å². The third kappa shape index (κ3) is 1.88. The van der Waals surface area contributed by atoms with Gasteiger partial charge in [-0.3, -0.25) is 0 Å². The average Bonchev–Trinajstić information content (AvgIpc) is 2.54. The fourth-order valence-corrected chi connectivity index (χ4v) is 2.65. The first-order chi connectivity index (χ1) is 9.90. The molecule has 0 fully saturated rings. The van der Waals surface area contributed by atoms with Crippen molar-refractivity contribution in [3.63, 3.8) is 0 Å². The number of hydrogen-bond donors (Lipinski definition) is 0. The lowest BCUT2D eigenvalue weighted by Crippen LogP contribution is -2.03. The lowest BCUT2D eigenvalue weighted by Gasteiger charge is -2.18. The van der Waals surface area contributed by atoms with E-state index in [0.29, 0.717) is 0 Å². The maximum atomic E-state index is 6.03. The van der Waals surface area contributed by atoms with Gasteiger partial charge >= 0.3 is 0 Å². The maximum absolute atomic E-state index is 6.03. The number of rotatable bonds is 1. The van der Waals surface area contributed by atoms with Crippen LogP contribution in [0.15, 0.2) is 72.8 Å². The number of benzene rings is 3. The Bertz CT molecular complexity index is 815. The minimum Gasteiger partial charge on any atom is -0.457 e. The molecule has 96 valence electrons. The van der Waals surface area contributed by atoms with Crippen LogP contribution >= 0.6 is 0 Å². The monoisotopic (exact) mass is 258 g/mol. The molecule has 1 nitrogen and oxygen atoms in total. The minimum absolute atomic E-state index is 0.929. The first kappa shape index (κ1) is 11.3. The largest absolute Gasteiger partial charge is 0.457 e. The summed E-state index contributed by atoms with van der Waals surface area (Å²) in [5, 5.41) is 2.50. The Morgan fingerprint density at radius 2 is 1.55 bits per heavy atom. The molecule has 0 aromatic heterocycles. The van der Waals surface area contributed by atoms with Crippen molar-refractivity contribution in [2.45, 2.75) is 6.42 Å². The molecule has 0 unspecified atom stereocenters. The maximum Gasteiger partial charge on any atom is 0.131 e. The molecule has 4 rings (SSSR count). The third-order valence-corrected chi connectivity index (χ3v) is 3.73. The van der Waals surface area contributed by atoms with Gasteiger partial charge in [-0.05, 0) is 41.0 Å². The molecule has 0 amide bonds.